The van der Waals surface area contributed by atoms with E-state index < -0.39 is 0 Å². The van der Waals surface area contributed by atoms with Crippen LogP contribution >= 0.6 is 0 Å². The molecule has 0 atom stereocenters. The lowest BCUT2D eigenvalue weighted by molar-refractivity contribution is 0.256. The van der Waals surface area contributed by atoms with Crippen molar-refractivity contribution in [3.8, 4) is 11.1 Å². The van der Waals surface area contributed by atoms with Crippen molar-refractivity contribution < 1.29 is 4.79 Å². The molecule has 4 aromatic rings. The predicted molar refractivity (Wildman–Crippen MR) is 191 cm³/mol. The molecule has 0 radical (unpaired) electrons. The number of anilines is 2. The van der Waals surface area contributed by atoms with Crippen LogP contribution in [0.15, 0.2) is 71.7 Å². The molecule has 0 saturated carbocycles. The van der Waals surface area contributed by atoms with Crippen molar-refractivity contribution in [3.63, 3.8) is 0 Å². The first-order chi connectivity index (χ1) is 21.7. The third-order valence-electron chi connectivity index (χ3n) is 8.36. The standard InChI is InChI=1S/C38H49N5O2/c1-8-11-24-43(38(45)40-34-30(26(4)5)19-13-20-31(34)27(6)7)35-33(32-21-14-22-39-36(32)41-37(35)44)29-18-12-16-28(25-29)17-15-23-42(9-2)10-3/h12-22,25-27H,8-11,23-24H2,1-7H3,(H,40,45)(H,39,41,44). The molecule has 2 amide bonds. The molecule has 238 valence electrons. The topological polar surface area (TPSA) is 81.3 Å². The number of H-pyrrole nitrogens is 1. The Labute approximate surface area is 268 Å². The molecule has 4 rings (SSSR count). The molecule has 2 N–H and O–H groups in total. The van der Waals surface area contributed by atoms with Gasteiger partial charge in [-0.25, -0.2) is 9.78 Å². The summed E-state index contributed by atoms with van der Waals surface area (Å²) in [5, 5.41) is 4.05. The van der Waals surface area contributed by atoms with E-state index >= 15 is 0 Å². The van der Waals surface area contributed by atoms with Gasteiger partial charge in [0.05, 0.1) is 0 Å². The van der Waals surface area contributed by atoms with Crippen molar-refractivity contribution in [1.29, 1.82) is 0 Å². The van der Waals surface area contributed by atoms with Gasteiger partial charge in [0.2, 0.25) is 0 Å². The molecule has 0 saturated heterocycles. The highest BCUT2D eigenvalue weighted by Crippen LogP contribution is 2.37. The summed E-state index contributed by atoms with van der Waals surface area (Å²) in [6, 6.07) is 17.9. The first-order valence-corrected chi connectivity index (χ1v) is 16.4. The zero-order valence-electron chi connectivity index (χ0n) is 28.0. The van der Waals surface area contributed by atoms with Crippen LogP contribution in [0.2, 0.25) is 0 Å². The molecule has 0 bridgehead atoms. The van der Waals surface area contributed by atoms with Crippen LogP contribution in [0.3, 0.4) is 0 Å². The van der Waals surface area contributed by atoms with E-state index in [1.165, 1.54) is 0 Å². The van der Waals surface area contributed by atoms with Gasteiger partial charge in [-0.05, 0) is 71.8 Å². The zero-order valence-corrected chi connectivity index (χ0v) is 28.0. The summed E-state index contributed by atoms with van der Waals surface area (Å²) in [7, 11) is 0. The van der Waals surface area contributed by atoms with Crippen molar-refractivity contribution in [2.45, 2.75) is 73.1 Å². The number of aromatic amines is 1. The number of hydrogen-bond donors (Lipinski definition) is 2. The number of amides is 2. The molecule has 0 fully saturated rings. The maximum absolute atomic E-state index is 14.4. The lowest BCUT2D eigenvalue weighted by atomic mass is 9.92. The molecule has 45 heavy (non-hydrogen) atoms. The number of nitrogens with zero attached hydrogens (tertiary/aromatic N) is 3. The van der Waals surface area contributed by atoms with Crippen LogP contribution in [0.1, 0.15) is 89.8 Å². The zero-order chi connectivity index (χ0) is 32.5. The molecule has 7 heteroatoms. The first kappa shape index (κ1) is 33.7. The Balaban J connectivity index is 1.88. The van der Waals surface area contributed by atoms with E-state index in [0.29, 0.717) is 23.4 Å². The summed E-state index contributed by atoms with van der Waals surface area (Å²) < 4.78 is 0. The van der Waals surface area contributed by atoms with Gasteiger partial charge in [-0.1, -0.05) is 103 Å². The second-order valence-electron chi connectivity index (χ2n) is 12.1. The monoisotopic (exact) mass is 607 g/mol. The molecule has 0 aliphatic carbocycles. The fourth-order valence-corrected chi connectivity index (χ4v) is 5.78. The molecular formula is C38H49N5O2. The van der Waals surface area contributed by atoms with Crippen molar-refractivity contribution in [2.75, 3.05) is 36.4 Å². The molecular weight excluding hydrogens is 558 g/mol. The first-order valence-electron chi connectivity index (χ1n) is 16.4. The van der Waals surface area contributed by atoms with Gasteiger partial charge in [0, 0.05) is 35.9 Å². The lowest BCUT2D eigenvalue weighted by Gasteiger charge is -2.28. The second-order valence-corrected chi connectivity index (χ2v) is 12.1. The van der Waals surface area contributed by atoms with Gasteiger partial charge >= 0.3 is 6.03 Å². The van der Waals surface area contributed by atoms with Crippen LogP contribution in [0.25, 0.3) is 28.2 Å². The van der Waals surface area contributed by atoms with Crippen LogP contribution in [0.5, 0.6) is 0 Å². The number of hydrogen-bond acceptors (Lipinski definition) is 4. The van der Waals surface area contributed by atoms with Crippen LogP contribution in [0.4, 0.5) is 16.2 Å². The summed E-state index contributed by atoms with van der Waals surface area (Å²) in [5.41, 5.74) is 6.05. The number of carbonyl (C=O) groups excluding carboxylic acids is 1. The minimum atomic E-state index is -0.342. The number of para-hydroxylation sites is 1. The van der Waals surface area contributed by atoms with Crippen LogP contribution < -0.4 is 15.8 Å². The van der Waals surface area contributed by atoms with Crippen molar-refractivity contribution >= 4 is 34.5 Å². The van der Waals surface area contributed by atoms with E-state index in [4.69, 9.17) is 0 Å². The molecule has 0 aliphatic rings. The third kappa shape index (κ3) is 7.90. The van der Waals surface area contributed by atoms with E-state index in [0.717, 1.165) is 65.8 Å². The van der Waals surface area contributed by atoms with E-state index in [9.17, 15) is 9.59 Å². The van der Waals surface area contributed by atoms with Crippen LogP contribution in [-0.2, 0) is 0 Å². The Kier molecular flexibility index (Phi) is 11.7. The highest BCUT2D eigenvalue weighted by atomic mass is 16.2. The maximum Gasteiger partial charge on any atom is 0.326 e. The highest BCUT2D eigenvalue weighted by molar-refractivity contribution is 6.09. The molecule has 2 heterocycles. The number of benzene rings is 2. The minimum absolute atomic E-state index is 0.214. The molecule has 7 nitrogen and oxygen atoms in total. The summed E-state index contributed by atoms with van der Waals surface area (Å²) in [6.45, 7) is 18.2. The Bertz CT molecular complexity index is 1660. The maximum atomic E-state index is 14.4. The molecule has 0 aliphatic heterocycles. The normalized spacial score (nSPS) is 11.8. The smallest absolute Gasteiger partial charge is 0.307 e. The number of rotatable bonds is 13. The molecule has 2 aromatic heterocycles. The Morgan fingerprint density at radius 3 is 2.29 bits per heavy atom. The molecule has 0 unspecified atom stereocenters. The van der Waals surface area contributed by atoms with Gasteiger partial charge in [-0.3, -0.25) is 9.69 Å². The summed E-state index contributed by atoms with van der Waals surface area (Å²) in [6.07, 6.45) is 7.58. The molecule has 2 aromatic carbocycles. The number of pyridine rings is 2. The average Bonchev–Trinajstić information content (AvgIpc) is 3.03. The fourth-order valence-electron chi connectivity index (χ4n) is 5.78. The Morgan fingerprint density at radius 2 is 1.64 bits per heavy atom. The summed E-state index contributed by atoms with van der Waals surface area (Å²) in [5.74, 6) is 0.428. The van der Waals surface area contributed by atoms with Gasteiger partial charge < -0.3 is 15.2 Å². The number of carbonyl (C=O) groups is 1. The average molecular weight is 608 g/mol. The number of urea groups is 1. The van der Waals surface area contributed by atoms with Crippen molar-refractivity contribution in [1.82, 2.24) is 14.9 Å². The molecule has 0 spiro atoms. The number of likely N-dealkylation sites (N-methyl/N-ethyl adjacent to an activating group) is 1. The predicted octanol–water partition coefficient (Wildman–Crippen LogP) is 9.03. The second kappa shape index (κ2) is 15.7. The van der Waals surface area contributed by atoms with E-state index in [1.54, 1.807) is 11.1 Å². The lowest BCUT2D eigenvalue weighted by Crippen LogP contribution is -2.40. The quantitative estimate of drug-likeness (QED) is 0.159. The number of aromatic nitrogens is 2. The van der Waals surface area contributed by atoms with Gasteiger partial charge in [-0.2, -0.15) is 0 Å². The van der Waals surface area contributed by atoms with Crippen LogP contribution in [0, 0.1) is 0 Å². The Morgan fingerprint density at radius 1 is 0.956 bits per heavy atom. The fraction of sp³-hybridized carbons (Fsp3) is 0.395. The number of nitrogens with one attached hydrogen (secondary N) is 2. The largest absolute Gasteiger partial charge is 0.326 e. The van der Waals surface area contributed by atoms with E-state index in [2.05, 4.69) is 111 Å². The van der Waals surface area contributed by atoms with Crippen LogP contribution in [-0.4, -0.2) is 47.1 Å². The number of unbranched alkanes of at least 4 members (excludes halogenated alkanes) is 1. The SMILES string of the molecule is CCCCN(C(=O)Nc1c(C(C)C)cccc1C(C)C)c1c(-c2cccc(C=CCN(CC)CC)c2)c2cccnc2[nH]c1=O. The summed E-state index contributed by atoms with van der Waals surface area (Å²) >= 11 is 0. The van der Waals surface area contributed by atoms with Gasteiger partial charge in [0.1, 0.15) is 11.3 Å². The van der Waals surface area contributed by atoms with Crippen molar-refractivity contribution in [3.05, 3.63) is 93.9 Å². The van der Waals surface area contributed by atoms with Gasteiger partial charge in [0.15, 0.2) is 0 Å². The summed E-state index contributed by atoms with van der Waals surface area (Å²) in [4.78, 5) is 39.8. The third-order valence-corrected chi connectivity index (χ3v) is 8.36. The Hall–Kier alpha value is -4.23. The minimum Gasteiger partial charge on any atom is -0.307 e. The van der Waals surface area contributed by atoms with Gasteiger partial charge in [0.25, 0.3) is 5.56 Å². The number of fused-ring (bicyclic) bond motifs is 1. The van der Waals surface area contributed by atoms with Gasteiger partial charge in [-0.15, -0.1) is 0 Å². The van der Waals surface area contributed by atoms with E-state index in [1.807, 2.05) is 24.3 Å². The van der Waals surface area contributed by atoms with E-state index in [-0.39, 0.29) is 23.4 Å². The van der Waals surface area contributed by atoms with Crippen molar-refractivity contribution in [2.24, 2.45) is 0 Å². The highest BCUT2D eigenvalue weighted by Gasteiger charge is 2.27.